The Labute approximate surface area is 164 Å². The lowest BCUT2D eigenvalue weighted by Crippen LogP contribution is -2.45. The van der Waals surface area contributed by atoms with Crippen LogP contribution in [0, 0.1) is 0 Å². The number of rotatable bonds is 5. The lowest BCUT2D eigenvalue weighted by molar-refractivity contribution is 0.177. The standard InChI is InChI=1S/C22H26N4O2/c1-3-28-18-10-8-17(9-11-18)26-21(16(2)25-14-12-23-13-15-25)24-20-7-5-4-6-19(20)22(26)27/h4-11,16,23H,3,12-15H2,1-2H3. The second kappa shape index (κ2) is 8.12. The Balaban J connectivity index is 1.86. The monoisotopic (exact) mass is 378 g/mol. The molecule has 2 heterocycles. The summed E-state index contributed by atoms with van der Waals surface area (Å²) in [5, 5.41) is 4.01. The number of aromatic nitrogens is 2. The molecule has 0 aliphatic carbocycles. The first-order chi connectivity index (χ1) is 13.7. The fourth-order valence-electron chi connectivity index (χ4n) is 3.77. The van der Waals surface area contributed by atoms with Gasteiger partial charge in [-0.05, 0) is 50.2 Å². The van der Waals surface area contributed by atoms with Gasteiger partial charge in [0.1, 0.15) is 11.6 Å². The van der Waals surface area contributed by atoms with Crippen molar-refractivity contribution < 1.29 is 4.74 Å². The van der Waals surface area contributed by atoms with Crippen LogP contribution < -0.4 is 15.6 Å². The minimum Gasteiger partial charge on any atom is -0.494 e. The molecule has 1 N–H and O–H groups in total. The van der Waals surface area contributed by atoms with Crippen molar-refractivity contribution in [3.63, 3.8) is 0 Å². The molecule has 1 saturated heterocycles. The van der Waals surface area contributed by atoms with Gasteiger partial charge in [-0.1, -0.05) is 12.1 Å². The smallest absolute Gasteiger partial charge is 0.266 e. The molecule has 4 rings (SSSR count). The van der Waals surface area contributed by atoms with Gasteiger partial charge in [0, 0.05) is 26.2 Å². The van der Waals surface area contributed by atoms with Gasteiger partial charge < -0.3 is 10.1 Å². The molecule has 0 amide bonds. The van der Waals surface area contributed by atoms with Crippen LogP contribution in [0.1, 0.15) is 25.7 Å². The number of fused-ring (bicyclic) bond motifs is 1. The Morgan fingerprint density at radius 1 is 1.11 bits per heavy atom. The van der Waals surface area contributed by atoms with Crippen molar-refractivity contribution >= 4 is 10.9 Å². The fourth-order valence-corrected chi connectivity index (χ4v) is 3.77. The molecule has 0 saturated carbocycles. The van der Waals surface area contributed by atoms with Crippen molar-refractivity contribution in [2.75, 3.05) is 32.8 Å². The fraction of sp³-hybridized carbons (Fsp3) is 0.364. The molecule has 1 aromatic heterocycles. The Kier molecular flexibility index (Phi) is 5.41. The summed E-state index contributed by atoms with van der Waals surface area (Å²) in [6.07, 6.45) is 0. The second-order valence-corrected chi connectivity index (χ2v) is 7.02. The van der Waals surface area contributed by atoms with E-state index in [9.17, 15) is 4.79 Å². The zero-order chi connectivity index (χ0) is 19.5. The molecule has 146 valence electrons. The number of hydrogen-bond acceptors (Lipinski definition) is 5. The summed E-state index contributed by atoms with van der Waals surface area (Å²) in [4.78, 5) is 20.7. The molecule has 1 aliphatic heterocycles. The number of para-hydroxylation sites is 1. The van der Waals surface area contributed by atoms with Gasteiger partial charge in [0.15, 0.2) is 0 Å². The highest BCUT2D eigenvalue weighted by molar-refractivity contribution is 5.77. The SMILES string of the molecule is CCOc1ccc(-n2c(C(C)N3CCNCC3)nc3ccccc3c2=O)cc1. The Hall–Kier alpha value is -2.70. The van der Waals surface area contributed by atoms with E-state index in [1.807, 2.05) is 55.5 Å². The molecule has 1 aliphatic rings. The van der Waals surface area contributed by atoms with Gasteiger partial charge in [-0.3, -0.25) is 14.3 Å². The summed E-state index contributed by atoms with van der Waals surface area (Å²) in [6, 6.07) is 15.3. The molecule has 0 bridgehead atoms. The van der Waals surface area contributed by atoms with Gasteiger partial charge in [-0.25, -0.2) is 4.98 Å². The van der Waals surface area contributed by atoms with Gasteiger partial charge in [-0.2, -0.15) is 0 Å². The average molecular weight is 378 g/mol. The minimum absolute atomic E-state index is 0.0333. The van der Waals surface area contributed by atoms with Crippen LogP contribution in [-0.4, -0.2) is 47.2 Å². The van der Waals surface area contributed by atoms with Gasteiger partial charge in [0.2, 0.25) is 0 Å². The third-order valence-corrected chi connectivity index (χ3v) is 5.28. The van der Waals surface area contributed by atoms with Crippen LogP contribution in [0.5, 0.6) is 5.75 Å². The maximum Gasteiger partial charge on any atom is 0.266 e. The predicted molar refractivity (Wildman–Crippen MR) is 111 cm³/mol. The van der Waals surface area contributed by atoms with Crippen molar-refractivity contribution in [3.8, 4) is 11.4 Å². The third kappa shape index (κ3) is 3.53. The molecule has 1 unspecified atom stereocenters. The minimum atomic E-state index is -0.0354. The van der Waals surface area contributed by atoms with Crippen LogP contribution in [0.15, 0.2) is 53.3 Å². The van der Waals surface area contributed by atoms with Crippen LogP contribution in [0.25, 0.3) is 16.6 Å². The van der Waals surface area contributed by atoms with Gasteiger partial charge in [-0.15, -0.1) is 0 Å². The summed E-state index contributed by atoms with van der Waals surface area (Å²) in [5.74, 6) is 1.57. The predicted octanol–water partition coefficient (Wildman–Crippen LogP) is 2.75. The zero-order valence-electron chi connectivity index (χ0n) is 16.4. The molecule has 6 heteroatoms. The lowest BCUT2D eigenvalue weighted by atomic mass is 10.1. The highest BCUT2D eigenvalue weighted by Crippen LogP contribution is 2.24. The van der Waals surface area contributed by atoms with Crippen molar-refractivity contribution in [2.24, 2.45) is 0 Å². The summed E-state index contributed by atoms with van der Waals surface area (Å²) in [5.41, 5.74) is 1.52. The number of hydrogen-bond donors (Lipinski definition) is 1. The topological polar surface area (TPSA) is 59.4 Å². The molecular weight excluding hydrogens is 352 g/mol. The quantitative estimate of drug-likeness (QED) is 0.740. The van der Waals surface area contributed by atoms with E-state index < -0.39 is 0 Å². The summed E-state index contributed by atoms with van der Waals surface area (Å²) in [6.45, 7) is 8.48. The first-order valence-corrected chi connectivity index (χ1v) is 9.88. The maximum atomic E-state index is 13.4. The summed E-state index contributed by atoms with van der Waals surface area (Å²) < 4.78 is 7.31. The van der Waals surface area contributed by atoms with E-state index in [4.69, 9.17) is 9.72 Å². The molecule has 0 spiro atoms. The first kappa shape index (κ1) is 18.7. The molecule has 1 atom stereocenters. The Morgan fingerprint density at radius 2 is 1.82 bits per heavy atom. The molecule has 0 radical (unpaired) electrons. The van der Waals surface area contributed by atoms with E-state index in [2.05, 4.69) is 17.1 Å². The number of nitrogens with zero attached hydrogens (tertiary/aromatic N) is 3. The van der Waals surface area contributed by atoms with Gasteiger partial charge in [0.05, 0.1) is 29.2 Å². The van der Waals surface area contributed by atoms with E-state index in [0.717, 1.165) is 49.0 Å². The van der Waals surface area contributed by atoms with E-state index in [1.165, 1.54) is 0 Å². The van der Waals surface area contributed by atoms with E-state index in [1.54, 1.807) is 4.57 Å². The van der Waals surface area contributed by atoms with Crippen LogP contribution in [0.4, 0.5) is 0 Å². The zero-order valence-corrected chi connectivity index (χ0v) is 16.4. The van der Waals surface area contributed by atoms with Crippen molar-refractivity contribution in [1.29, 1.82) is 0 Å². The van der Waals surface area contributed by atoms with Crippen molar-refractivity contribution in [3.05, 3.63) is 64.7 Å². The van der Waals surface area contributed by atoms with Crippen LogP contribution >= 0.6 is 0 Å². The van der Waals surface area contributed by atoms with Gasteiger partial charge >= 0.3 is 0 Å². The number of nitrogens with one attached hydrogen (secondary N) is 1. The maximum absolute atomic E-state index is 13.4. The molecule has 2 aromatic carbocycles. The molecule has 3 aromatic rings. The van der Waals surface area contributed by atoms with Crippen LogP contribution in [0.2, 0.25) is 0 Å². The second-order valence-electron chi connectivity index (χ2n) is 7.02. The number of ether oxygens (including phenoxy) is 1. The average Bonchev–Trinajstić information content (AvgIpc) is 2.75. The molecule has 28 heavy (non-hydrogen) atoms. The van der Waals surface area contributed by atoms with E-state index in [-0.39, 0.29) is 11.6 Å². The third-order valence-electron chi connectivity index (χ3n) is 5.28. The number of piperazine rings is 1. The Bertz CT molecular complexity index is 1010. The van der Waals surface area contributed by atoms with Crippen LogP contribution in [-0.2, 0) is 0 Å². The van der Waals surface area contributed by atoms with E-state index in [0.29, 0.717) is 12.0 Å². The number of benzene rings is 2. The summed E-state index contributed by atoms with van der Waals surface area (Å²) >= 11 is 0. The normalized spacial score (nSPS) is 16.2. The van der Waals surface area contributed by atoms with E-state index >= 15 is 0 Å². The van der Waals surface area contributed by atoms with Gasteiger partial charge in [0.25, 0.3) is 5.56 Å². The molecular formula is C22H26N4O2. The first-order valence-electron chi connectivity index (χ1n) is 9.88. The molecule has 1 fully saturated rings. The molecule has 6 nitrogen and oxygen atoms in total. The highest BCUT2D eigenvalue weighted by atomic mass is 16.5. The highest BCUT2D eigenvalue weighted by Gasteiger charge is 2.24. The summed E-state index contributed by atoms with van der Waals surface area (Å²) in [7, 11) is 0. The lowest BCUT2D eigenvalue weighted by Gasteiger charge is -2.33. The van der Waals surface area contributed by atoms with Crippen LogP contribution in [0.3, 0.4) is 0 Å². The van der Waals surface area contributed by atoms with Crippen molar-refractivity contribution in [2.45, 2.75) is 19.9 Å². The Morgan fingerprint density at radius 3 is 2.54 bits per heavy atom. The largest absolute Gasteiger partial charge is 0.494 e. The van der Waals surface area contributed by atoms with Crippen molar-refractivity contribution in [1.82, 2.24) is 19.8 Å².